The average molecular weight is 734 g/mol. The van der Waals surface area contributed by atoms with E-state index in [9.17, 15) is 18.0 Å². The van der Waals surface area contributed by atoms with Crippen LogP contribution in [-0.4, -0.2) is 114 Å². The molecule has 14 heteroatoms. The second-order valence-corrected chi connectivity index (χ2v) is 15.2. The fraction of sp³-hybridized carbons (Fsp3) is 0.538. The van der Waals surface area contributed by atoms with Crippen LogP contribution < -0.4 is 14.4 Å². The van der Waals surface area contributed by atoms with Gasteiger partial charge in [0.25, 0.3) is 0 Å². The number of nitrogens with zero attached hydrogens (tertiary/aromatic N) is 6. The number of nitrogens with one attached hydrogen (secondary N) is 1. The molecule has 3 aliphatic heterocycles. The minimum Gasteiger partial charge on any atom is -0.481 e. The maximum atomic E-state index is 14.1. The first-order valence-electron chi connectivity index (χ1n) is 18.6. The zero-order chi connectivity index (χ0) is 36.9. The predicted octanol–water partition coefficient (Wildman–Crippen LogP) is 6.40. The highest BCUT2D eigenvalue weighted by Crippen LogP contribution is 2.53. The number of aromatic nitrogens is 4. The number of methoxy groups -OCH3 is 1. The van der Waals surface area contributed by atoms with Gasteiger partial charge < -0.3 is 28.9 Å². The Bertz CT molecular complexity index is 2010. The van der Waals surface area contributed by atoms with Crippen molar-refractivity contribution in [2.45, 2.75) is 63.6 Å². The summed E-state index contributed by atoms with van der Waals surface area (Å²) in [5, 5.41) is 8.76. The molecule has 1 N–H and O–H groups in total. The zero-order valence-electron chi connectivity index (χ0n) is 30.3. The van der Waals surface area contributed by atoms with Crippen LogP contribution in [0.15, 0.2) is 37.1 Å². The molecule has 3 saturated heterocycles. The standard InChI is InChI=1S/C39H46F3N7O4/c1-4-31(50)49-21-38(22-49)11-15-48(16-12-38)36-28-19-27(25-6-7-25)33(32-24(2)5-8-30-29(32)20-43-46-30)35(52-23-39(40,41)42)34(28)44-37(45-36)53-26-9-13-47(14-10-26)17-18-51-3/h4-5,8,19-20,25-26H,1,6-7,9-18,21-23H2,2-3H3,(H,43,46). The SMILES string of the molecule is C=CC(=O)N1CC2(CCN(c3nc(OC4CCN(CCOC)CC4)nc4c(OCC(F)(F)F)c(-c5c(C)ccc6[nH]ncc56)c(C5CC5)cc34)CC2)C1. The Morgan fingerprint density at radius 2 is 1.81 bits per heavy atom. The van der Waals surface area contributed by atoms with Gasteiger partial charge in [0.1, 0.15) is 17.4 Å². The molecule has 1 spiro atoms. The molecule has 282 valence electrons. The third-order valence-electron chi connectivity index (χ3n) is 11.5. The van der Waals surface area contributed by atoms with Gasteiger partial charge in [0.2, 0.25) is 5.91 Å². The molecule has 1 amide bonds. The van der Waals surface area contributed by atoms with Crippen molar-refractivity contribution in [2.75, 3.05) is 71.0 Å². The largest absolute Gasteiger partial charge is 0.481 e. The maximum absolute atomic E-state index is 14.1. The van der Waals surface area contributed by atoms with Crippen molar-refractivity contribution in [1.29, 1.82) is 0 Å². The molecule has 4 aliphatic rings. The lowest BCUT2D eigenvalue weighted by Crippen LogP contribution is -2.61. The number of rotatable bonds is 11. The van der Waals surface area contributed by atoms with Gasteiger partial charge in [-0.15, -0.1) is 0 Å². The minimum atomic E-state index is -4.58. The van der Waals surface area contributed by atoms with Gasteiger partial charge in [-0.05, 0) is 86.3 Å². The summed E-state index contributed by atoms with van der Waals surface area (Å²) in [7, 11) is 1.69. The Morgan fingerprint density at radius 3 is 2.49 bits per heavy atom. The number of hydrogen-bond acceptors (Lipinski definition) is 9. The molecule has 2 aromatic heterocycles. The fourth-order valence-corrected chi connectivity index (χ4v) is 8.42. The number of anilines is 1. The van der Waals surface area contributed by atoms with Crippen LogP contribution in [-0.2, 0) is 9.53 Å². The molecule has 4 aromatic rings. The number of aryl methyl sites for hydroxylation is 1. The lowest BCUT2D eigenvalue weighted by Gasteiger charge is -2.54. The van der Waals surface area contributed by atoms with Gasteiger partial charge >= 0.3 is 12.2 Å². The molecule has 1 saturated carbocycles. The second-order valence-electron chi connectivity index (χ2n) is 15.2. The fourth-order valence-electron chi connectivity index (χ4n) is 8.42. The Kier molecular flexibility index (Phi) is 9.46. The number of aromatic amines is 1. The molecule has 5 heterocycles. The number of carbonyl (C=O) groups excluding carboxylic acids is 1. The zero-order valence-corrected chi connectivity index (χ0v) is 30.3. The summed E-state index contributed by atoms with van der Waals surface area (Å²) in [6, 6.07) is 6.11. The first-order valence-corrected chi connectivity index (χ1v) is 18.6. The number of fused-ring (bicyclic) bond motifs is 2. The predicted molar refractivity (Wildman–Crippen MR) is 196 cm³/mol. The van der Waals surface area contributed by atoms with Crippen molar-refractivity contribution < 1.29 is 32.2 Å². The molecule has 1 aliphatic carbocycles. The molecular formula is C39H46F3N7O4. The Balaban J connectivity index is 1.25. The lowest BCUT2D eigenvalue weighted by atomic mass is 9.72. The van der Waals surface area contributed by atoms with Crippen molar-refractivity contribution in [3.05, 3.63) is 48.2 Å². The Hall–Kier alpha value is -4.43. The van der Waals surface area contributed by atoms with E-state index in [2.05, 4.69) is 32.6 Å². The summed E-state index contributed by atoms with van der Waals surface area (Å²) in [6.07, 6.45) is 3.41. The van der Waals surface area contributed by atoms with E-state index in [1.54, 1.807) is 13.3 Å². The molecule has 2 aromatic carbocycles. The van der Waals surface area contributed by atoms with E-state index in [1.807, 2.05) is 24.0 Å². The molecule has 0 bridgehead atoms. The number of halogens is 3. The molecule has 0 atom stereocenters. The van der Waals surface area contributed by atoms with Crippen molar-refractivity contribution in [1.82, 2.24) is 30.0 Å². The van der Waals surface area contributed by atoms with Crippen LogP contribution in [0, 0.1) is 12.3 Å². The van der Waals surface area contributed by atoms with E-state index in [1.165, 1.54) is 6.08 Å². The van der Waals surface area contributed by atoms with E-state index in [0.717, 1.165) is 85.8 Å². The van der Waals surface area contributed by atoms with Gasteiger partial charge in [0.15, 0.2) is 12.4 Å². The summed E-state index contributed by atoms with van der Waals surface area (Å²) < 4.78 is 59.9. The quantitative estimate of drug-likeness (QED) is 0.175. The third kappa shape index (κ3) is 7.15. The minimum absolute atomic E-state index is 0.0300. The summed E-state index contributed by atoms with van der Waals surface area (Å²) in [4.78, 5) is 28.6. The Labute approximate surface area is 306 Å². The van der Waals surface area contributed by atoms with Crippen molar-refractivity contribution in [3.63, 3.8) is 0 Å². The summed E-state index contributed by atoms with van der Waals surface area (Å²) in [6.45, 7) is 10.0. The number of hydrogen-bond donors (Lipinski definition) is 1. The molecule has 11 nitrogen and oxygen atoms in total. The van der Waals surface area contributed by atoms with E-state index >= 15 is 0 Å². The van der Waals surface area contributed by atoms with Crippen LogP contribution in [0.4, 0.5) is 19.0 Å². The number of H-pyrrole nitrogens is 1. The van der Waals surface area contributed by atoms with Gasteiger partial charge in [0.05, 0.1) is 18.3 Å². The van der Waals surface area contributed by atoms with Gasteiger partial charge in [-0.25, -0.2) is 0 Å². The normalized spacial score (nSPS) is 19.6. The summed E-state index contributed by atoms with van der Waals surface area (Å²) in [5.74, 6) is 0.832. The number of alkyl halides is 3. The lowest BCUT2D eigenvalue weighted by molar-refractivity contribution is -0.153. The molecule has 8 rings (SSSR count). The molecule has 4 fully saturated rings. The summed E-state index contributed by atoms with van der Waals surface area (Å²) in [5.41, 5.74) is 4.35. The van der Waals surface area contributed by atoms with Gasteiger partial charge in [-0.1, -0.05) is 12.6 Å². The van der Waals surface area contributed by atoms with Crippen molar-refractivity contribution >= 4 is 33.5 Å². The van der Waals surface area contributed by atoms with Crippen molar-refractivity contribution in [3.8, 4) is 22.9 Å². The summed E-state index contributed by atoms with van der Waals surface area (Å²) >= 11 is 0. The van der Waals surface area contributed by atoms with Crippen LogP contribution in [0.2, 0.25) is 0 Å². The molecular weight excluding hydrogens is 687 g/mol. The van der Waals surface area contributed by atoms with Crippen LogP contribution in [0.3, 0.4) is 0 Å². The van der Waals surface area contributed by atoms with E-state index in [-0.39, 0.29) is 35.1 Å². The van der Waals surface area contributed by atoms with Crippen LogP contribution >= 0.6 is 0 Å². The first kappa shape index (κ1) is 35.6. The van der Waals surface area contributed by atoms with Gasteiger partial charge in [-0.3, -0.25) is 9.89 Å². The highest BCUT2D eigenvalue weighted by molar-refractivity contribution is 6.06. The number of carbonyl (C=O) groups is 1. The van der Waals surface area contributed by atoms with E-state index < -0.39 is 12.8 Å². The maximum Gasteiger partial charge on any atom is 0.422 e. The molecule has 0 unspecified atom stereocenters. The van der Waals surface area contributed by atoms with Gasteiger partial charge in [-0.2, -0.15) is 28.2 Å². The second kappa shape index (κ2) is 14.1. The number of amides is 1. The first-order chi connectivity index (χ1) is 25.5. The Morgan fingerprint density at radius 1 is 1.06 bits per heavy atom. The average Bonchev–Trinajstić information content (AvgIpc) is 3.87. The van der Waals surface area contributed by atoms with Crippen LogP contribution in [0.1, 0.15) is 55.6 Å². The molecule has 53 heavy (non-hydrogen) atoms. The number of benzene rings is 2. The monoisotopic (exact) mass is 733 g/mol. The topological polar surface area (TPSA) is 109 Å². The van der Waals surface area contributed by atoms with Crippen LogP contribution in [0.5, 0.6) is 11.8 Å². The van der Waals surface area contributed by atoms with E-state index in [4.69, 9.17) is 24.2 Å². The van der Waals surface area contributed by atoms with Crippen LogP contribution in [0.25, 0.3) is 32.9 Å². The number of ether oxygens (including phenoxy) is 3. The van der Waals surface area contributed by atoms with Gasteiger partial charge in [0, 0.05) is 74.7 Å². The smallest absolute Gasteiger partial charge is 0.422 e. The van der Waals surface area contributed by atoms with E-state index in [0.29, 0.717) is 55.1 Å². The molecule has 0 radical (unpaired) electrons. The third-order valence-corrected chi connectivity index (χ3v) is 11.5. The highest BCUT2D eigenvalue weighted by atomic mass is 19.4. The number of piperidine rings is 2. The van der Waals surface area contributed by atoms with Crippen molar-refractivity contribution in [2.24, 2.45) is 5.41 Å². The highest BCUT2D eigenvalue weighted by Gasteiger charge is 2.46. The number of likely N-dealkylation sites (tertiary alicyclic amines) is 2.